The van der Waals surface area contributed by atoms with Gasteiger partial charge in [-0.15, -0.1) is 0 Å². The Hall–Kier alpha value is -2.37. The van der Waals surface area contributed by atoms with Gasteiger partial charge in [0.05, 0.1) is 12.6 Å². The Bertz CT molecular complexity index is 616. The third-order valence-electron chi connectivity index (χ3n) is 2.69. The van der Waals surface area contributed by atoms with Gasteiger partial charge >= 0.3 is 6.09 Å². The molecule has 100 valence electrons. The second-order valence-corrected chi connectivity index (χ2v) is 3.97. The molecule has 1 aromatic carbocycles. The molecule has 0 fully saturated rings. The van der Waals surface area contributed by atoms with Crippen LogP contribution in [0.15, 0.2) is 24.3 Å². The van der Waals surface area contributed by atoms with Crippen molar-refractivity contribution in [3.8, 4) is 5.88 Å². The molecule has 0 radical (unpaired) electrons. The molecule has 0 aliphatic carbocycles. The van der Waals surface area contributed by atoms with Crippen molar-refractivity contribution in [1.82, 2.24) is 10.3 Å². The fourth-order valence-corrected chi connectivity index (χ4v) is 1.86. The Morgan fingerprint density at radius 3 is 2.95 bits per heavy atom. The van der Waals surface area contributed by atoms with Crippen molar-refractivity contribution in [2.75, 3.05) is 13.7 Å². The predicted octanol–water partition coefficient (Wildman–Crippen LogP) is 2.19. The highest BCUT2D eigenvalue weighted by Crippen LogP contribution is 2.22. The van der Waals surface area contributed by atoms with Crippen LogP contribution in [0.2, 0.25) is 0 Å². The highest BCUT2D eigenvalue weighted by Gasteiger charge is 2.08. The van der Waals surface area contributed by atoms with Gasteiger partial charge in [0.25, 0.3) is 0 Å². The molecule has 0 saturated heterocycles. The number of nitrogens with one attached hydrogen (secondary N) is 1. The van der Waals surface area contributed by atoms with E-state index in [4.69, 9.17) is 9.84 Å². The van der Waals surface area contributed by atoms with E-state index in [-0.39, 0.29) is 12.4 Å². The van der Waals surface area contributed by atoms with Gasteiger partial charge in [-0.3, -0.25) is 0 Å². The van der Waals surface area contributed by atoms with Crippen molar-refractivity contribution in [3.63, 3.8) is 0 Å². The Morgan fingerprint density at radius 1 is 1.47 bits per heavy atom. The number of methoxy groups -OCH3 is 1. The maximum absolute atomic E-state index is 13.5. The number of ether oxygens (including phenoxy) is 1. The van der Waals surface area contributed by atoms with Gasteiger partial charge in [0.1, 0.15) is 5.82 Å². The van der Waals surface area contributed by atoms with Crippen LogP contribution in [0.25, 0.3) is 10.9 Å². The molecule has 2 N–H and O–H groups in total. The monoisotopic (exact) mass is 264 g/mol. The molecule has 1 amide bonds. The van der Waals surface area contributed by atoms with Gasteiger partial charge in [0, 0.05) is 18.0 Å². The average molecular weight is 264 g/mol. The van der Waals surface area contributed by atoms with Crippen LogP contribution in [0.5, 0.6) is 5.88 Å². The molecule has 5 nitrogen and oxygen atoms in total. The molecule has 1 aromatic heterocycles. The topological polar surface area (TPSA) is 71.5 Å². The van der Waals surface area contributed by atoms with Gasteiger partial charge in [-0.25, -0.2) is 14.2 Å². The second-order valence-electron chi connectivity index (χ2n) is 3.97. The summed E-state index contributed by atoms with van der Waals surface area (Å²) in [4.78, 5) is 14.7. The summed E-state index contributed by atoms with van der Waals surface area (Å²) in [5.41, 5.74) is 1.26. The normalized spacial score (nSPS) is 10.4. The molecular formula is C13H13FN2O3. The molecule has 2 aromatic rings. The van der Waals surface area contributed by atoms with Gasteiger partial charge in [-0.05, 0) is 30.2 Å². The molecular weight excluding hydrogens is 251 g/mol. The third kappa shape index (κ3) is 3.09. The lowest BCUT2D eigenvalue weighted by atomic mass is 10.1. The fourth-order valence-electron chi connectivity index (χ4n) is 1.86. The number of fused-ring (bicyclic) bond motifs is 1. The molecule has 6 heteroatoms. The summed E-state index contributed by atoms with van der Waals surface area (Å²) < 4.78 is 18.5. The molecule has 0 saturated carbocycles. The van der Waals surface area contributed by atoms with Gasteiger partial charge in [0.2, 0.25) is 5.88 Å². The first-order chi connectivity index (χ1) is 9.10. The van der Waals surface area contributed by atoms with Gasteiger partial charge in [0.15, 0.2) is 0 Å². The van der Waals surface area contributed by atoms with Crippen molar-refractivity contribution in [3.05, 3.63) is 35.6 Å². The minimum Gasteiger partial charge on any atom is -0.481 e. The van der Waals surface area contributed by atoms with Gasteiger partial charge in [-0.2, -0.15) is 0 Å². The molecule has 2 rings (SSSR count). The number of hydrogen-bond acceptors (Lipinski definition) is 3. The molecule has 0 aliphatic heterocycles. The van der Waals surface area contributed by atoms with E-state index in [1.54, 1.807) is 12.1 Å². The Kier molecular flexibility index (Phi) is 3.79. The van der Waals surface area contributed by atoms with E-state index in [9.17, 15) is 9.18 Å². The first-order valence-corrected chi connectivity index (χ1v) is 5.70. The fraction of sp³-hybridized carbons (Fsp3) is 0.231. The number of pyridine rings is 1. The van der Waals surface area contributed by atoms with Crippen LogP contribution in [-0.2, 0) is 6.42 Å². The van der Waals surface area contributed by atoms with Crippen molar-refractivity contribution in [1.29, 1.82) is 0 Å². The lowest BCUT2D eigenvalue weighted by Crippen LogP contribution is -2.23. The van der Waals surface area contributed by atoms with Crippen LogP contribution in [0, 0.1) is 5.82 Å². The second kappa shape index (κ2) is 5.51. The van der Waals surface area contributed by atoms with Crippen LogP contribution >= 0.6 is 0 Å². The minimum atomic E-state index is -1.11. The minimum absolute atomic E-state index is 0.201. The molecule has 0 spiro atoms. The van der Waals surface area contributed by atoms with Crippen LogP contribution in [-0.4, -0.2) is 29.8 Å². The average Bonchev–Trinajstić information content (AvgIpc) is 2.37. The first-order valence-electron chi connectivity index (χ1n) is 5.70. The van der Waals surface area contributed by atoms with E-state index in [0.717, 1.165) is 0 Å². The van der Waals surface area contributed by atoms with Gasteiger partial charge in [-0.1, -0.05) is 0 Å². The largest absolute Gasteiger partial charge is 0.481 e. The summed E-state index contributed by atoms with van der Waals surface area (Å²) in [7, 11) is 1.50. The number of aromatic nitrogens is 1. The molecule has 19 heavy (non-hydrogen) atoms. The van der Waals surface area contributed by atoms with Gasteiger partial charge < -0.3 is 15.2 Å². The van der Waals surface area contributed by atoms with Crippen LogP contribution < -0.4 is 10.1 Å². The third-order valence-corrected chi connectivity index (χ3v) is 2.69. The van der Waals surface area contributed by atoms with Crippen LogP contribution in [0.1, 0.15) is 5.56 Å². The Labute approximate surface area is 109 Å². The Morgan fingerprint density at radius 2 is 2.26 bits per heavy atom. The molecule has 0 bridgehead atoms. The number of amides is 1. The van der Waals surface area contributed by atoms with Crippen molar-refractivity contribution < 1.29 is 19.0 Å². The smallest absolute Gasteiger partial charge is 0.404 e. The highest BCUT2D eigenvalue weighted by molar-refractivity contribution is 5.82. The Balaban J connectivity index is 2.36. The van der Waals surface area contributed by atoms with Crippen molar-refractivity contribution in [2.45, 2.75) is 6.42 Å². The molecule has 0 unspecified atom stereocenters. The van der Waals surface area contributed by atoms with E-state index in [2.05, 4.69) is 10.3 Å². The summed E-state index contributed by atoms with van der Waals surface area (Å²) in [6, 6.07) is 6.12. The van der Waals surface area contributed by atoms with Crippen molar-refractivity contribution in [2.24, 2.45) is 0 Å². The lowest BCUT2D eigenvalue weighted by Gasteiger charge is -2.08. The van der Waals surface area contributed by atoms with E-state index in [1.165, 1.54) is 19.2 Å². The zero-order chi connectivity index (χ0) is 13.8. The maximum Gasteiger partial charge on any atom is 0.404 e. The van der Waals surface area contributed by atoms with E-state index < -0.39 is 6.09 Å². The van der Waals surface area contributed by atoms with E-state index >= 15 is 0 Å². The first kappa shape index (κ1) is 13.1. The standard InChI is InChI=1S/C13H13FN2O3/c1-19-11-3-2-8-6-10(14)7-9(12(8)16-11)4-5-15-13(17)18/h2-3,6-7,15H,4-5H2,1H3,(H,17,18). The summed E-state index contributed by atoms with van der Waals surface area (Å²) in [6.45, 7) is 0.201. The SMILES string of the molecule is COc1ccc2cc(F)cc(CCNC(=O)O)c2n1. The van der Waals surface area contributed by atoms with Crippen LogP contribution in [0.3, 0.4) is 0 Å². The summed E-state index contributed by atoms with van der Waals surface area (Å²) in [6.07, 6.45) is -0.743. The number of carbonyl (C=O) groups is 1. The zero-order valence-electron chi connectivity index (χ0n) is 10.3. The zero-order valence-corrected chi connectivity index (χ0v) is 10.3. The lowest BCUT2D eigenvalue weighted by molar-refractivity contribution is 0.194. The number of nitrogens with zero attached hydrogens (tertiary/aromatic N) is 1. The quantitative estimate of drug-likeness (QED) is 0.888. The maximum atomic E-state index is 13.5. The summed E-state index contributed by atoms with van der Waals surface area (Å²) in [5.74, 6) is 0.0661. The van der Waals surface area contributed by atoms with E-state index in [1.807, 2.05) is 0 Å². The highest BCUT2D eigenvalue weighted by atomic mass is 19.1. The number of carboxylic acid groups (broad SMARTS) is 1. The number of rotatable bonds is 4. The number of halogens is 1. The number of benzene rings is 1. The van der Waals surface area contributed by atoms with Crippen LogP contribution in [0.4, 0.5) is 9.18 Å². The molecule has 0 atom stereocenters. The van der Waals surface area contributed by atoms with E-state index in [0.29, 0.717) is 28.8 Å². The summed E-state index contributed by atoms with van der Waals surface area (Å²) in [5, 5.41) is 11.4. The molecule has 0 aliphatic rings. The molecule has 1 heterocycles. The predicted molar refractivity (Wildman–Crippen MR) is 68.0 cm³/mol. The van der Waals surface area contributed by atoms with Crippen molar-refractivity contribution >= 4 is 17.0 Å². The summed E-state index contributed by atoms with van der Waals surface area (Å²) >= 11 is 0. The number of hydrogen-bond donors (Lipinski definition) is 2.